The van der Waals surface area contributed by atoms with E-state index >= 15 is 0 Å². The average molecular weight is 550 g/mol. The van der Waals surface area contributed by atoms with Gasteiger partial charge in [0, 0.05) is 38.2 Å². The molecule has 36 heavy (non-hydrogen) atoms. The monoisotopic (exact) mass is 549 g/mol. The van der Waals surface area contributed by atoms with Crippen LogP contribution in [0.4, 0.5) is 17.6 Å². The van der Waals surface area contributed by atoms with Crippen LogP contribution in [0.5, 0.6) is 5.75 Å². The molecule has 13 heteroatoms. The van der Waals surface area contributed by atoms with Gasteiger partial charge >= 0.3 is 5.85 Å². The molecular weight excluding hydrogens is 521 g/mol. The van der Waals surface area contributed by atoms with Crippen molar-refractivity contribution in [2.45, 2.75) is 42.6 Å². The molecule has 2 aromatic carbocycles. The largest absolute Gasteiger partial charge is 0.430 e. The molecule has 2 aromatic rings. The van der Waals surface area contributed by atoms with Crippen molar-refractivity contribution in [3.8, 4) is 5.75 Å². The van der Waals surface area contributed by atoms with E-state index in [-0.39, 0.29) is 42.3 Å². The van der Waals surface area contributed by atoms with Gasteiger partial charge in [0.25, 0.3) is 5.92 Å². The summed E-state index contributed by atoms with van der Waals surface area (Å²) in [5.74, 6) is -7.21. The first-order valence-corrected chi connectivity index (χ1v) is 13.2. The number of nitrogens with one attached hydrogen (secondary N) is 1. The third-order valence-electron chi connectivity index (χ3n) is 5.81. The minimum Gasteiger partial charge on any atom is -0.430 e. The molecule has 1 saturated heterocycles. The Morgan fingerprint density at radius 1 is 1.08 bits per heavy atom. The maximum absolute atomic E-state index is 13.8. The van der Waals surface area contributed by atoms with Gasteiger partial charge in [-0.1, -0.05) is 31.2 Å². The molecule has 0 radical (unpaired) electrons. The lowest BCUT2D eigenvalue weighted by Crippen LogP contribution is -2.59. The second-order valence-corrected chi connectivity index (χ2v) is 11.1. The van der Waals surface area contributed by atoms with Crippen LogP contribution in [0.25, 0.3) is 0 Å². The Labute approximate surface area is 210 Å². The standard InChI is InChI=1S/C23H28F4N3O4PS/c1-3-22(24,25)17-6-4-16(5-7-17)14-28-21(31)20-15-29(2)12-13-30(20)36(32,33)19-10-8-18(9-11-19)34-23(26,27)35/h4-11,20H,3,12-15,35H2,1-2H3,(H,28,31)/t20-/m1/s1. The van der Waals surface area contributed by atoms with Crippen LogP contribution in [0.1, 0.15) is 24.5 Å². The Hall–Kier alpha value is -2.27. The minimum atomic E-state index is -4.13. The molecule has 0 aromatic heterocycles. The van der Waals surface area contributed by atoms with E-state index in [0.29, 0.717) is 12.1 Å². The summed E-state index contributed by atoms with van der Waals surface area (Å²) in [5.41, 5.74) is 0.461. The summed E-state index contributed by atoms with van der Waals surface area (Å²) in [6, 6.07) is 9.04. The van der Waals surface area contributed by atoms with E-state index in [1.54, 1.807) is 7.05 Å². The summed E-state index contributed by atoms with van der Waals surface area (Å²) < 4.78 is 85.8. The van der Waals surface area contributed by atoms with Crippen molar-refractivity contribution in [3.05, 3.63) is 59.7 Å². The predicted molar refractivity (Wildman–Crippen MR) is 129 cm³/mol. The van der Waals surface area contributed by atoms with Crippen molar-refractivity contribution in [3.63, 3.8) is 0 Å². The van der Waals surface area contributed by atoms with Crippen LogP contribution in [-0.2, 0) is 27.3 Å². The van der Waals surface area contributed by atoms with Gasteiger partial charge in [0.2, 0.25) is 15.9 Å². The number of nitrogens with zero attached hydrogens (tertiary/aromatic N) is 2. The van der Waals surface area contributed by atoms with Gasteiger partial charge in [-0.2, -0.15) is 13.1 Å². The van der Waals surface area contributed by atoms with Gasteiger partial charge < -0.3 is 15.0 Å². The number of halogens is 4. The van der Waals surface area contributed by atoms with E-state index in [9.17, 15) is 30.8 Å². The van der Waals surface area contributed by atoms with E-state index in [1.807, 2.05) is 4.90 Å². The molecule has 1 aliphatic heterocycles. The van der Waals surface area contributed by atoms with E-state index in [2.05, 4.69) is 10.1 Å². The molecular formula is C23H28F4N3O4PS. The van der Waals surface area contributed by atoms with Crippen molar-refractivity contribution < 1.29 is 35.5 Å². The highest BCUT2D eigenvalue weighted by Crippen LogP contribution is 2.31. The summed E-state index contributed by atoms with van der Waals surface area (Å²) in [4.78, 5) is 14.7. The molecule has 1 heterocycles. The topological polar surface area (TPSA) is 79.0 Å². The van der Waals surface area contributed by atoms with Gasteiger partial charge in [0.1, 0.15) is 11.8 Å². The molecule has 1 unspecified atom stereocenters. The maximum Gasteiger partial charge on any atom is 0.408 e. The summed E-state index contributed by atoms with van der Waals surface area (Å²) in [5, 5.41) is 2.68. The Bertz CT molecular complexity index is 1160. The minimum absolute atomic E-state index is 0.0280. The highest BCUT2D eigenvalue weighted by atomic mass is 32.2. The van der Waals surface area contributed by atoms with E-state index in [1.165, 1.54) is 40.4 Å². The number of carbonyl (C=O) groups is 1. The Balaban J connectivity index is 1.73. The summed E-state index contributed by atoms with van der Waals surface area (Å²) in [6.45, 7) is 1.98. The fourth-order valence-corrected chi connectivity index (χ4v) is 5.46. The molecule has 1 fully saturated rings. The van der Waals surface area contributed by atoms with Gasteiger partial charge in [-0.15, -0.1) is 0 Å². The quantitative estimate of drug-likeness (QED) is 0.382. The molecule has 1 amide bonds. The highest BCUT2D eigenvalue weighted by Gasteiger charge is 2.39. The van der Waals surface area contributed by atoms with Crippen LogP contribution in [-0.4, -0.2) is 62.1 Å². The number of alkyl halides is 4. The number of likely N-dealkylation sites (N-methyl/N-ethyl adjacent to an activating group) is 1. The van der Waals surface area contributed by atoms with E-state index in [0.717, 1.165) is 28.6 Å². The van der Waals surface area contributed by atoms with Crippen LogP contribution in [0.3, 0.4) is 0 Å². The normalized spacial score (nSPS) is 18.1. The summed E-state index contributed by atoms with van der Waals surface area (Å²) in [6.07, 6.45) is -0.331. The second-order valence-electron chi connectivity index (χ2n) is 8.50. The number of piperazine rings is 1. The van der Waals surface area contributed by atoms with Crippen LogP contribution in [0, 0.1) is 0 Å². The van der Waals surface area contributed by atoms with Gasteiger partial charge in [-0.05, 0) is 46.1 Å². The fourth-order valence-electron chi connectivity index (χ4n) is 3.75. The maximum atomic E-state index is 13.8. The number of hydrogen-bond donors (Lipinski definition) is 1. The van der Waals surface area contributed by atoms with Crippen molar-refractivity contribution >= 4 is 25.2 Å². The lowest BCUT2D eigenvalue weighted by atomic mass is 10.0. The number of benzene rings is 2. The van der Waals surface area contributed by atoms with Crippen molar-refractivity contribution in [1.29, 1.82) is 0 Å². The SMILES string of the molecule is CCC(F)(F)c1ccc(CNC(=O)[C@H]2CN(C)CCN2S(=O)(=O)c2ccc(OC(F)(F)P)cc2)cc1. The van der Waals surface area contributed by atoms with Crippen molar-refractivity contribution in [1.82, 2.24) is 14.5 Å². The summed E-state index contributed by atoms with van der Waals surface area (Å²) >= 11 is 0. The molecule has 3 rings (SSSR count). The fraction of sp³-hybridized carbons (Fsp3) is 0.435. The predicted octanol–water partition coefficient (Wildman–Crippen LogP) is 3.61. The molecule has 1 N–H and O–H groups in total. The van der Waals surface area contributed by atoms with Crippen molar-refractivity contribution in [2.24, 2.45) is 0 Å². The number of hydrogen-bond acceptors (Lipinski definition) is 5. The number of rotatable bonds is 9. The molecule has 1 aliphatic rings. The third-order valence-corrected chi connectivity index (χ3v) is 7.85. The zero-order valence-electron chi connectivity index (χ0n) is 19.8. The van der Waals surface area contributed by atoms with Gasteiger partial charge in [0.15, 0.2) is 0 Å². The molecule has 0 bridgehead atoms. The van der Waals surface area contributed by atoms with Crippen LogP contribution < -0.4 is 10.1 Å². The number of ether oxygens (including phenoxy) is 1. The second kappa shape index (κ2) is 11.0. The smallest absolute Gasteiger partial charge is 0.408 e. The van der Waals surface area contributed by atoms with Gasteiger partial charge in [-0.25, -0.2) is 17.2 Å². The Morgan fingerprint density at radius 2 is 1.69 bits per heavy atom. The Kier molecular flexibility index (Phi) is 8.65. The molecule has 0 aliphatic carbocycles. The highest BCUT2D eigenvalue weighted by molar-refractivity contribution is 7.89. The van der Waals surface area contributed by atoms with E-state index < -0.39 is 33.7 Å². The lowest BCUT2D eigenvalue weighted by Gasteiger charge is -2.38. The molecule has 7 nitrogen and oxygen atoms in total. The van der Waals surface area contributed by atoms with Crippen LogP contribution in [0.2, 0.25) is 0 Å². The molecule has 0 spiro atoms. The Morgan fingerprint density at radius 3 is 2.25 bits per heavy atom. The van der Waals surface area contributed by atoms with Crippen LogP contribution in [0.15, 0.2) is 53.4 Å². The first-order chi connectivity index (χ1) is 16.7. The molecule has 2 atom stereocenters. The molecule has 0 saturated carbocycles. The number of amides is 1. The zero-order valence-corrected chi connectivity index (χ0v) is 21.7. The zero-order chi connectivity index (χ0) is 26.7. The number of sulfonamides is 1. The first-order valence-electron chi connectivity index (χ1n) is 11.1. The number of carbonyl (C=O) groups excluding carboxylic acids is 1. The van der Waals surface area contributed by atoms with Gasteiger partial charge in [-0.3, -0.25) is 4.79 Å². The lowest BCUT2D eigenvalue weighted by molar-refractivity contribution is -0.126. The van der Waals surface area contributed by atoms with E-state index in [4.69, 9.17) is 0 Å². The van der Waals surface area contributed by atoms with Gasteiger partial charge in [0.05, 0.1) is 4.90 Å². The first kappa shape index (κ1) is 28.3. The third kappa shape index (κ3) is 6.94. The summed E-state index contributed by atoms with van der Waals surface area (Å²) in [7, 11) is -1.15. The van der Waals surface area contributed by atoms with Crippen LogP contribution >= 0.6 is 9.24 Å². The average Bonchev–Trinajstić information content (AvgIpc) is 2.82. The van der Waals surface area contributed by atoms with Crippen molar-refractivity contribution in [2.75, 3.05) is 26.7 Å². The molecule has 198 valence electrons.